The van der Waals surface area contributed by atoms with Crippen LogP contribution in [0.5, 0.6) is 5.88 Å². The monoisotopic (exact) mass is 199 g/mol. The first-order valence-electron chi connectivity index (χ1n) is 4.49. The highest BCUT2D eigenvalue weighted by Gasteiger charge is 2.00. The SMILES string of the molecule is CCCCOc1ncc(Cl)cc1C. The Labute approximate surface area is 83.9 Å². The predicted octanol–water partition coefficient (Wildman–Crippen LogP) is 3.22. The number of hydrogen-bond donors (Lipinski definition) is 0. The highest BCUT2D eigenvalue weighted by atomic mass is 35.5. The van der Waals surface area contributed by atoms with E-state index in [9.17, 15) is 0 Å². The average Bonchev–Trinajstić information content (AvgIpc) is 2.09. The smallest absolute Gasteiger partial charge is 0.216 e. The summed E-state index contributed by atoms with van der Waals surface area (Å²) in [6.07, 6.45) is 3.80. The zero-order chi connectivity index (χ0) is 9.68. The van der Waals surface area contributed by atoms with Crippen molar-refractivity contribution in [2.45, 2.75) is 26.7 Å². The molecule has 0 amide bonds. The fraction of sp³-hybridized carbons (Fsp3) is 0.500. The van der Waals surface area contributed by atoms with Crippen molar-refractivity contribution in [2.24, 2.45) is 0 Å². The molecule has 2 nitrogen and oxygen atoms in total. The van der Waals surface area contributed by atoms with Gasteiger partial charge in [-0.25, -0.2) is 4.98 Å². The van der Waals surface area contributed by atoms with Crippen molar-refractivity contribution < 1.29 is 4.74 Å². The number of aromatic nitrogens is 1. The lowest BCUT2D eigenvalue weighted by molar-refractivity contribution is 0.295. The van der Waals surface area contributed by atoms with Crippen molar-refractivity contribution in [1.82, 2.24) is 4.98 Å². The lowest BCUT2D eigenvalue weighted by Crippen LogP contribution is -1.99. The van der Waals surface area contributed by atoms with Crippen LogP contribution in [-0.4, -0.2) is 11.6 Å². The van der Waals surface area contributed by atoms with Crippen molar-refractivity contribution in [3.05, 3.63) is 22.8 Å². The van der Waals surface area contributed by atoms with Gasteiger partial charge >= 0.3 is 0 Å². The van der Waals surface area contributed by atoms with Gasteiger partial charge in [-0.05, 0) is 19.4 Å². The Kier molecular flexibility index (Phi) is 4.03. The van der Waals surface area contributed by atoms with Crippen LogP contribution in [0.15, 0.2) is 12.3 Å². The number of rotatable bonds is 4. The second-order valence-corrected chi connectivity index (χ2v) is 3.41. The lowest BCUT2D eigenvalue weighted by Gasteiger charge is -2.06. The number of unbranched alkanes of at least 4 members (excludes halogenated alkanes) is 1. The van der Waals surface area contributed by atoms with E-state index in [0.717, 1.165) is 25.0 Å². The lowest BCUT2D eigenvalue weighted by atomic mass is 10.3. The van der Waals surface area contributed by atoms with Gasteiger partial charge in [-0.2, -0.15) is 0 Å². The van der Waals surface area contributed by atoms with Gasteiger partial charge in [-0.15, -0.1) is 0 Å². The molecule has 0 N–H and O–H groups in total. The Bertz CT molecular complexity index is 276. The van der Waals surface area contributed by atoms with E-state index in [-0.39, 0.29) is 0 Å². The average molecular weight is 200 g/mol. The Morgan fingerprint density at radius 2 is 2.31 bits per heavy atom. The maximum absolute atomic E-state index is 5.76. The first kappa shape index (κ1) is 10.3. The van der Waals surface area contributed by atoms with Gasteiger partial charge in [0.25, 0.3) is 0 Å². The molecule has 0 spiro atoms. The summed E-state index contributed by atoms with van der Waals surface area (Å²) < 4.78 is 5.46. The highest BCUT2D eigenvalue weighted by Crippen LogP contribution is 2.18. The summed E-state index contributed by atoms with van der Waals surface area (Å²) in [5.41, 5.74) is 0.989. The number of nitrogens with zero attached hydrogens (tertiary/aromatic N) is 1. The molecule has 0 aliphatic carbocycles. The molecule has 72 valence electrons. The first-order valence-corrected chi connectivity index (χ1v) is 4.86. The van der Waals surface area contributed by atoms with Gasteiger partial charge in [0, 0.05) is 11.8 Å². The third kappa shape index (κ3) is 3.23. The van der Waals surface area contributed by atoms with Crippen LogP contribution < -0.4 is 4.74 Å². The van der Waals surface area contributed by atoms with Gasteiger partial charge in [0.1, 0.15) is 0 Å². The molecular formula is C10H14ClNO. The molecule has 0 aliphatic heterocycles. The van der Waals surface area contributed by atoms with Crippen LogP contribution in [0.25, 0.3) is 0 Å². The van der Waals surface area contributed by atoms with Gasteiger partial charge in [-0.1, -0.05) is 24.9 Å². The van der Waals surface area contributed by atoms with Gasteiger partial charge in [-0.3, -0.25) is 0 Å². The summed E-state index contributed by atoms with van der Waals surface area (Å²) in [5, 5.41) is 0.653. The summed E-state index contributed by atoms with van der Waals surface area (Å²) in [4.78, 5) is 4.10. The molecule has 1 aromatic heterocycles. The minimum absolute atomic E-state index is 0.653. The van der Waals surface area contributed by atoms with Crippen LogP contribution in [0.1, 0.15) is 25.3 Å². The standard InChI is InChI=1S/C10H14ClNO/c1-3-4-5-13-10-8(2)6-9(11)7-12-10/h6-7H,3-5H2,1-2H3. The fourth-order valence-electron chi connectivity index (χ4n) is 0.992. The third-order valence-corrected chi connectivity index (χ3v) is 1.94. The minimum atomic E-state index is 0.653. The first-order chi connectivity index (χ1) is 6.24. The Hall–Kier alpha value is -0.760. The van der Waals surface area contributed by atoms with Crippen molar-refractivity contribution in [1.29, 1.82) is 0 Å². The van der Waals surface area contributed by atoms with Crippen LogP contribution >= 0.6 is 11.6 Å². The normalized spacial score (nSPS) is 10.1. The summed E-state index contributed by atoms with van der Waals surface area (Å²) in [6.45, 7) is 4.80. The van der Waals surface area contributed by atoms with Gasteiger partial charge < -0.3 is 4.74 Å². The number of aryl methyl sites for hydroxylation is 1. The van der Waals surface area contributed by atoms with Gasteiger partial charge in [0.05, 0.1) is 11.6 Å². The number of ether oxygens (including phenoxy) is 1. The summed E-state index contributed by atoms with van der Waals surface area (Å²) in [5.74, 6) is 0.692. The quantitative estimate of drug-likeness (QED) is 0.695. The molecule has 0 radical (unpaired) electrons. The molecule has 1 rings (SSSR count). The predicted molar refractivity (Wildman–Crippen MR) is 54.4 cm³/mol. The third-order valence-electron chi connectivity index (χ3n) is 1.73. The molecule has 0 atom stereocenters. The van der Waals surface area contributed by atoms with E-state index in [1.165, 1.54) is 0 Å². The number of halogens is 1. The molecule has 0 aromatic carbocycles. The van der Waals surface area contributed by atoms with Crippen molar-refractivity contribution in [3.8, 4) is 5.88 Å². The van der Waals surface area contributed by atoms with E-state index in [2.05, 4.69) is 11.9 Å². The number of pyridine rings is 1. The summed E-state index contributed by atoms with van der Waals surface area (Å²) >= 11 is 5.76. The van der Waals surface area contributed by atoms with E-state index in [4.69, 9.17) is 16.3 Å². The Morgan fingerprint density at radius 3 is 2.92 bits per heavy atom. The molecule has 3 heteroatoms. The Morgan fingerprint density at radius 1 is 1.54 bits per heavy atom. The van der Waals surface area contributed by atoms with E-state index in [1.807, 2.05) is 13.0 Å². The largest absolute Gasteiger partial charge is 0.477 e. The van der Waals surface area contributed by atoms with Crippen LogP contribution in [0.2, 0.25) is 5.02 Å². The van der Waals surface area contributed by atoms with Crippen molar-refractivity contribution in [2.75, 3.05) is 6.61 Å². The number of hydrogen-bond acceptors (Lipinski definition) is 2. The summed E-state index contributed by atoms with van der Waals surface area (Å²) in [7, 11) is 0. The van der Waals surface area contributed by atoms with Crippen LogP contribution in [-0.2, 0) is 0 Å². The van der Waals surface area contributed by atoms with Gasteiger partial charge in [0.2, 0.25) is 5.88 Å². The Balaban J connectivity index is 2.56. The molecule has 0 fully saturated rings. The molecule has 0 saturated carbocycles. The fourth-order valence-corrected chi connectivity index (χ4v) is 1.20. The molecular weight excluding hydrogens is 186 g/mol. The highest BCUT2D eigenvalue weighted by molar-refractivity contribution is 6.30. The maximum Gasteiger partial charge on any atom is 0.216 e. The molecule has 1 aromatic rings. The minimum Gasteiger partial charge on any atom is -0.477 e. The van der Waals surface area contributed by atoms with E-state index in [0.29, 0.717) is 10.9 Å². The van der Waals surface area contributed by atoms with Crippen LogP contribution in [0, 0.1) is 6.92 Å². The molecule has 0 saturated heterocycles. The second kappa shape index (κ2) is 5.07. The molecule has 13 heavy (non-hydrogen) atoms. The van der Waals surface area contributed by atoms with Crippen molar-refractivity contribution >= 4 is 11.6 Å². The topological polar surface area (TPSA) is 22.1 Å². The molecule has 0 bridgehead atoms. The van der Waals surface area contributed by atoms with Crippen LogP contribution in [0.4, 0.5) is 0 Å². The maximum atomic E-state index is 5.76. The van der Waals surface area contributed by atoms with E-state index >= 15 is 0 Å². The van der Waals surface area contributed by atoms with E-state index < -0.39 is 0 Å². The van der Waals surface area contributed by atoms with Crippen LogP contribution in [0.3, 0.4) is 0 Å². The molecule has 0 aliphatic rings. The van der Waals surface area contributed by atoms with E-state index in [1.54, 1.807) is 6.20 Å². The zero-order valence-corrected chi connectivity index (χ0v) is 8.77. The zero-order valence-electron chi connectivity index (χ0n) is 8.01. The van der Waals surface area contributed by atoms with Crippen molar-refractivity contribution in [3.63, 3.8) is 0 Å². The molecule has 1 heterocycles. The summed E-state index contributed by atoms with van der Waals surface area (Å²) in [6, 6.07) is 1.86. The van der Waals surface area contributed by atoms with Gasteiger partial charge in [0.15, 0.2) is 0 Å². The molecule has 0 unspecified atom stereocenters. The second-order valence-electron chi connectivity index (χ2n) is 2.98.